The van der Waals surface area contributed by atoms with Gasteiger partial charge in [-0.2, -0.15) is 0 Å². The minimum atomic E-state index is -1.35. The van der Waals surface area contributed by atoms with Crippen molar-refractivity contribution in [2.45, 2.75) is 173 Å². The molecule has 1 rings (SSSR count). The number of Topliss-reactive ketones (excluding diaryl/α,β-unsaturated/α-hetero) is 2. The van der Waals surface area contributed by atoms with Crippen molar-refractivity contribution < 1.29 is 62.7 Å². The third kappa shape index (κ3) is 35.0. The maximum atomic E-state index is 12.9. The van der Waals surface area contributed by atoms with E-state index in [1.807, 2.05) is 0 Å². The lowest BCUT2D eigenvalue weighted by Crippen LogP contribution is -2.47. The quantitative estimate of drug-likeness (QED) is 0.0437. The molecule has 0 saturated heterocycles. The van der Waals surface area contributed by atoms with Gasteiger partial charge in [-0.05, 0) is 57.8 Å². The predicted molar refractivity (Wildman–Crippen MR) is 235 cm³/mol. The highest BCUT2D eigenvalue weighted by molar-refractivity contribution is 5.89. The van der Waals surface area contributed by atoms with E-state index in [1.54, 1.807) is 0 Å². The SMILES string of the molecule is CC(=O)COCCOCCCC(=O)COCCOCCNC(=O)C[C@@H](NC(=O)C1CCC(CNC(=O)CCCCCCCCCCCCCCCCCCC(=O)O)CC1)C(=O)O. The second kappa shape index (κ2) is 39.1. The lowest BCUT2D eigenvalue weighted by Gasteiger charge is -2.28. The summed E-state index contributed by atoms with van der Waals surface area (Å²) in [6.45, 7) is 3.84. The van der Waals surface area contributed by atoms with E-state index in [0.29, 0.717) is 64.9 Å². The van der Waals surface area contributed by atoms with Crippen LogP contribution in [0.3, 0.4) is 0 Å². The van der Waals surface area contributed by atoms with Crippen LogP contribution in [0.25, 0.3) is 0 Å². The van der Waals surface area contributed by atoms with Crippen molar-refractivity contribution in [2.24, 2.45) is 11.8 Å². The number of rotatable bonds is 43. The van der Waals surface area contributed by atoms with Crippen molar-refractivity contribution in [2.75, 3.05) is 65.9 Å². The number of ketones is 2. The molecule has 0 aliphatic heterocycles. The van der Waals surface area contributed by atoms with Gasteiger partial charge in [0.2, 0.25) is 17.7 Å². The first-order valence-electron chi connectivity index (χ1n) is 23.6. The molecule has 0 bridgehead atoms. The number of aliphatic carboxylic acids is 2. The zero-order valence-corrected chi connectivity index (χ0v) is 37.9. The minimum Gasteiger partial charge on any atom is -0.481 e. The zero-order valence-electron chi connectivity index (χ0n) is 37.9. The van der Waals surface area contributed by atoms with Gasteiger partial charge in [0.15, 0.2) is 11.6 Å². The van der Waals surface area contributed by atoms with Crippen molar-refractivity contribution in [1.29, 1.82) is 0 Å². The molecular weight excluding hydrogens is 803 g/mol. The van der Waals surface area contributed by atoms with Gasteiger partial charge in [-0.1, -0.05) is 89.9 Å². The molecule has 62 heavy (non-hydrogen) atoms. The largest absolute Gasteiger partial charge is 0.481 e. The monoisotopic (exact) mass is 884 g/mol. The Morgan fingerprint density at radius 2 is 1.03 bits per heavy atom. The zero-order chi connectivity index (χ0) is 45.5. The molecule has 0 aromatic heterocycles. The second-order valence-corrected chi connectivity index (χ2v) is 16.7. The molecule has 16 heteroatoms. The van der Waals surface area contributed by atoms with Gasteiger partial charge in [0.1, 0.15) is 19.3 Å². The molecule has 1 aliphatic rings. The molecule has 3 amide bonds. The van der Waals surface area contributed by atoms with Crippen LogP contribution < -0.4 is 16.0 Å². The Bertz CT molecular complexity index is 1240. The third-order valence-electron chi connectivity index (χ3n) is 11.0. The van der Waals surface area contributed by atoms with Crippen molar-refractivity contribution >= 4 is 41.2 Å². The molecule has 1 fully saturated rings. The average molecular weight is 884 g/mol. The summed E-state index contributed by atoms with van der Waals surface area (Å²) in [5, 5.41) is 26.5. The molecule has 1 aliphatic carbocycles. The van der Waals surface area contributed by atoms with Gasteiger partial charge in [0.25, 0.3) is 0 Å². The molecule has 16 nitrogen and oxygen atoms in total. The molecule has 0 radical (unpaired) electrons. The highest BCUT2D eigenvalue weighted by Gasteiger charge is 2.30. The van der Waals surface area contributed by atoms with Crippen LogP contribution in [0.2, 0.25) is 0 Å². The van der Waals surface area contributed by atoms with E-state index in [1.165, 1.54) is 71.1 Å². The van der Waals surface area contributed by atoms with E-state index in [2.05, 4.69) is 16.0 Å². The van der Waals surface area contributed by atoms with E-state index < -0.39 is 30.3 Å². The fourth-order valence-electron chi connectivity index (χ4n) is 7.31. The van der Waals surface area contributed by atoms with Gasteiger partial charge < -0.3 is 45.1 Å². The first kappa shape index (κ1) is 56.5. The molecule has 1 saturated carbocycles. The highest BCUT2D eigenvalue weighted by atomic mass is 16.5. The van der Waals surface area contributed by atoms with Crippen LogP contribution in [-0.4, -0.2) is 123 Å². The molecule has 1 atom stereocenters. The fourth-order valence-corrected chi connectivity index (χ4v) is 7.31. The van der Waals surface area contributed by atoms with E-state index >= 15 is 0 Å². The van der Waals surface area contributed by atoms with Crippen LogP contribution in [0.15, 0.2) is 0 Å². The molecule has 5 N–H and O–H groups in total. The minimum absolute atomic E-state index is 0.0443. The van der Waals surface area contributed by atoms with Gasteiger partial charge in [-0.15, -0.1) is 0 Å². The smallest absolute Gasteiger partial charge is 0.326 e. The van der Waals surface area contributed by atoms with Crippen molar-refractivity contribution in [3.8, 4) is 0 Å². The number of carboxylic acids is 2. The summed E-state index contributed by atoms with van der Waals surface area (Å²) >= 11 is 0. The molecule has 0 heterocycles. The number of amides is 3. The summed E-state index contributed by atoms with van der Waals surface area (Å²) < 4.78 is 21.2. The lowest BCUT2D eigenvalue weighted by atomic mass is 9.81. The number of carbonyl (C=O) groups is 7. The highest BCUT2D eigenvalue weighted by Crippen LogP contribution is 2.29. The second-order valence-electron chi connectivity index (χ2n) is 16.7. The summed E-state index contributed by atoms with van der Waals surface area (Å²) in [5.41, 5.74) is 0. The summed E-state index contributed by atoms with van der Waals surface area (Å²) in [7, 11) is 0. The third-order valence-corrected chi connectivity index (χ3v) is 11.0. The maximum absolute atomic E-state index is 12.9. The molecular formula is C46H81N3O13. The molecule has 0 aromatic rings. The van der Waals surface area contributed by atoms with Gasteiger partial charge >= 0.3 is 11.9 Å². The van der Waals surface area contributed by atoms with E-state index in [9.17, 15) is 38.7 Å². The number of unbranched alkanes of at least 4 members (excludes halogenated alkanes) is 15. The Hall–Kier alpha value is -3.47. The molecule has 358 valence electrons. The van der Waals surface area contributed by atoms with Crippen molar-refractivity contribution in [3.63, 3.8) is 0 Å². The summed E-state index contributed by atoms with van der Waals surface area (Å²) in [6.07, 6.45) is 22.7. The summed E-state index contributed by atoms with van der Waals surface area (Å²) in [6, 6.07) is -1.35. The number of hydrogen-bond donors (Lipinski definition) is 5. The Morgan fingerprint density at radius 3 is 1.56 bits per heavy atom. The van der Waals surface area contributed by atoms with Crippen LogP contribution in [0.5, 0.6) is 0 Å². The van der Waals surface area contributed by atoms with Gasteiger partial charge in [-0.3, -0.25) is 28.8 Å². The van der Waals surface area contributed by atoms with Crippen molar-refractivity contribution in [1.82, 2.24) is 16.0 Å². The number of hydrogen-bond acceptors (Lipinski definition) is 11. The summed E-state index contributed by atoms with van der Waals surface area (Å²) in [5.74, 6) is -2.99. The average Bonchev–Trinajstić information content (AvgIpc) is 3.23. The topological polar surface area (TPSA) is 233 Å². The molecule has 0 unspecified atom stereocenters. The summed E-state index contributed by atoms with van der Waals surface area (Å²) in [4.78, 5) is 82.8. The maximum Gasteiger partial charge on any atom is 0.326 e. The predicted octanol–water partition coefficient (Wildman–Crippen LogP) is 6.10. The van der Waals surface area contributed by atoms with Gasteiger partial charge in [0.05, 0.1) is 39.5 Å². The van der Waals surface area contributed by atoms with Crippen LogP contribution >= 0.6 is 0 Å². The normalized spacial score (nSPS) is 15.4. The van der Waals surface area contributed by atoms with E-state index in [-0.39, 0.29) is 74.8 Å². The first-order chi connectivity index (χ1) is 30.0. The Labute approximate surface area is 370 Å². The van der Waals surface area contributed by atoms with Crippen molar-refractivity contribution in [3.05, 3.63) is 0 Å². The van der Waals surface area contributed by atoms with Gasteiger partial charge in [-0.25, -0.2) is 4.79 Å². The first-order valence-corrected chi connectivity index (χ1v) is 23.6. The Kier molecular flexibility index (Phi) is 35.7. The fraction of sp³-hybridized carbons (Fsp3) is 0.848. The standard InChI is InChI=1S/C46H81N3O13/c1-37(50)35-61-31-29-59-27-18-19-40(51)36-62-32-30-60-28-26-47-43(53)33-41(46(57)58)49-45(56)39-24-22-38(23-25-39)34-48-42(52)20-16-14-12-10-8-6-4-2-3-5-7-9-11-13-15-17-21-44(54)55/h38-39,41H,2-36H2,1H3,(H,47,53)(H,48,52)(H,49,56)(H,54,55)(H,57,58)/t38?,39?,41-/m1/s1. The van der Waals surface area contributed by atoms with Crippen LogP contribution in [-0.2, 0) is 52.5 Å². The molecule has 0 aromatic carbocycles. The van der Waals surface area contributed by atoms with Crippen LogP contribution in [0.4, 0.5) is 0 Å². The number of carbonyl (C=O) groups excluding carboxylic acids is 5. The lowest BCUT2D eigenvalue weighted by molar-refractivity contribution is -0.144. The van der Waals surface area contributed by atoms with Gasteiger partial charge in [0, 0.05) is 44.9 Å². The van der Waals surface area contributed by atoms with E-state index in [4.69, 9.17) is 24.1 Å². The number of nitrogens with one attached hydrogen (secondary N) is 3. The number of carboxylic acid groups (broad SMARTS) is 2. The Morgan fingerprint density at radius 1 is 0.532 bits per heavy atom. The van der Waals surface area contributed by atoms with Crippen LogP contribution in [0.1, 0.15) is 167 Å². The number of ether oxygens (including phenoxy) is 4. The Balaban J connectivity index is 2.01. The van der Waals surface area contributed by atoms with E-state index in [0.717, 1.165) is 51.4 Å². The molecule has 0 spiro atoms. The van der Waals surface area contributed by atoms with Crippen LogP contribution in [0, 0.1) is 11.8 Å².